The van der Waals surface area contributed by atoms with Crippen LogP contribution in [-0.2, 0) is 4.79 Å². The number of methoxy groups -OCH3 is 2. The lowest BCUT2D eigenvalue weighted by Crippen LogP contribution is -2.26. The van der Waals surface area contributed by atoms with Crippen molar-refractivity contribution >= 4 is 33.5 Å². The summed E-state index contributed by atoms with van der Waals surface area (Å²) < 4.78 is 15.7. The molecule has 3 rings (SSSR count). The zero-order chi connectivity index (χ0) is 20.3. The number of carbonyl (C=O) groups is 1. The number of ether oxygens (including phenoxy) is 2. The highest BCUT2D eigenvalue weighted by Crippen LogP contribution is 2.24. The van der Waals surface area contributed by atoms with Crippen molar-refractivity contribution in [3.63, 3.8) is 0 Å². The first-order chi connectivity index (χ1) is 13.4. The smallest absolute Gasteiger partial charge is 0.348 e. The predicted molar refractivity (Wildman–Crippen MR) is 108 cm³/mol. The van der Waals surface area contributed by atoms with Gasteiger partial charge in [-0.25, -0.2) is 9.78 Å². The maximum atomic E-state index is 12.3. The zero-order valence-electron chi connectivity index (χ0n) is 15.9. The van der Waals surface area contributed by atoms with E-state index in [9.17, 15) is 9.59 Å². The van der Waals surface area contributed by atoms with Crippen LogP contribution in [-0.4, -0.2) is 25.1 Å². The summed E-state index contributed by atoms with van der Waals surface area (Å²) in [5.41, 5.74) is 1.14. The Morgan fingerprint density at radius 3 is 2.57 bits per heavy atom. The first kappa shape index (κ1) is 19.6. The molecular formula is C20H20N2O5S. The van der Waals surface area contributed by atoms with E-state index in [1.54, 1.807) is 45.4 Å². The van der Waals surface area contributed by atoms with Gasteiger partial charge in [-0.05, 0) is 48.6 Å². The molecule has 1 aromatic carbocycles. The van der Waals surface area contributed by atoms with E-state index in [0.717, 1.165) is 11.1 Å². The van der Waals surface area contributed by atoms with Gasteiger partial charge >= 0.3 is 5.63 Å². The molecule has 0 radical (unpaired) electrons. The van der Waals surface area contributed by atoms with E-state index in [-0.39, 0.29) is 11.8 Å². The van der Waals surface area contributed by atoms with Crippen LogP contribution in [0.3, 0.4) is 0 Å². The van der Waals surface area contributed by atoms with Crippen molar-refractivity contribution in [3.8, 4) is 11.5 Å². The third-order valence-electron chi connectivity index (χ3n) is 4.10. The van der Waals surface area contributed by atoms with Crippen LogP contribution in [0.1, 0.15) is 30.0 Å². The standard InChI is InChI=1S/C20H20N2O5S/c1-11-10-28-19-17(11)20(24)27-18(22-19)12(2)21-16(23)6-5-13-7-14(25-3)9-15(8-13)26-4/h5-10,12H,1-4H3,(H,21,23)/b6-5+/t12-/m0/s1. The van der Waals surface area contributed by atoms with Crippen molar-refractivity contribution in [3.05, 3.63) is 57.1 Å². The van der Waals surface area contributed by atoms with Gasteiger partial charge in [-0.3, -0.25) is 4.79 Å². The Labute approximate surface area is 165 Å². The summed E-state index contributed by atoms with van der Waals surface area (Å²) in [7, 11) is 3.12. The van der Waals surface area contributed by atoms with E-state index in [4.69, 9.17) is 13.9 Å². The molecule has 1 atom stereocenters. The molecule has 7 nitrogen and oxygen atoms in total. The van der Waals surface area contributed by atoms with Crippen LogP contribution in [0.2, 0.25) is 0 Å². The van der Waals surface area contributed by atoms with Crippen LogP contribution >= 0.6 is 11.3 Å². The number of aromatic nitrogens is 1. The van der Waals surface area contributed by atoms with Gasteiger partial charge < -0.3 is 19.2 Å². The molecule has 146 valence electrons. The molecule has 2 aromatic heterocycles. The maximum absolute atomic E-state index is 12.3. The Morgan fingerprint density at radius 2 is 1.93 bits per heavy atom. The molecule has 0 bridgehead atoms. The van der Waals surface area contributed by atoms with E-state index < -0.39 is 11.7 Å². The summed E-state index contributed by atoms with van der Waals surface area (Å²) >= 11 is 1.37. The molecule has 0 saturated heterocycles. The lowest BCUT2D eigenvalue weighted by molar-refractivity contribution is -0.117. The number of hydrogen-bond donors (Lipinski definition) is 1. The third kappa shape index (κ3) is 4.23. The largest absolute Gasteiger partial charge is 0.497 e. The highest BCUT2D eigenvalue weighted by Gasteiger charge is 2.16. The topological polar surface area (TPSA) is 90.7 Å². The highest BCUT2D eigenvalue weighted by molar-refractivity contribution is 7.16. The molecule has 2 heterocycles. The van der Waals surface area contributed by atoms with Gasteiger partial charge in [0.05, 0.1) is 19.6 Å². The van der Waals surface area contributed by atoms with Crippen LogP contribution in [0.15, 0.2) is 38.9 Å². The van der Waals surface area contributed by atoms with Crippen molar-refractivity contribution < 1.29 is 18.7 Å². The fourth-order valence-corrected chi connectivity index (χ4v) is 3.55. The first-order valence-corrected chi connectivity index (χ1v) is 9.39. The molecule has 8 heteroatoms. The molecule has 0 aliphatic carbocycles. The Balaban J connectivity index is 1.74. The van der Waals surface area contributed by atoms with Crippen molar-refractivity contribution in [2.24, 2.45) is 0 Å². The summed E-state index contributed by atoms with van der Waals surface area (Å²) in [5, 5.41) is 5.08. The van der Waals surface area contributed by atoms with Crippen molar-refractivity contribution in [1.29, 1.82) is 0 Å². The molecule has 1 amide bonds. The van der Waals surface area contributed by atoms with Crippen molar-refractivity contribution in [1.82, 2.24) is 10.3 Å². The predicted octanol–water partition coefficient (Wildman–Crippen LogP) is 3.47. The average molecular weight is 400 g/mol. The summed E-state index contributed by atoms with van der Waals surface area (Å²) in [4.78, 5) is 29.4. The number of amides is 1. The van der Waals surface area contributed by atoms with Crippen LogP contribution in [0.4, 0.5) is 0 Å². The Bertz CT molecular complexity index is 1080. The number of thiophene rings is 1. The zero-order valence-corrected chi connectivity index (χ0v) is 16.8. The summed E-state index contributed by atoms with van der Waals surface area (Å²) in [6, 6.07) is 4.75. The van der Waals surface area contributed by atoms with Crippen LogP contribution in [0, 0.1) is 6.92 Å². The molecule has 28 heavy (non-hydrogen) atoms. The minimum absolute atomic E-state index is 0.171. The molecular weight excluding hydrogens is 380 g/mol. The van der Waals surface area contributed by atoms with E-state index in [1.165, 1.54) is 17.4 Å². The molecule has 0 aliphatic heterocycles. The van der Waals surface area contributed by atoms with Gasteiger partial charge in [0.15, 0.2) is 0 Å². The van der Waals surface area contributed by atoms with Crippen LogP contribution < -0.4 is 20.4 Å². The summed E-state index contributed by atoms with van der Waals surface area (Å²) in [6.07, 6.45) is 3.03. The second-order valence-corrected chi connectivity index (χ2v) is 7.01. The van der Waals surface area contributed by atoms with Gasteiger partial charge in [-0.1, -0.05) is 0 Å². The van der Waals surface area contributed by atoms with Crippen LogP contribution in [0.5, 0.6) is 11.5 Å². The average Bonchev–Trinajstić information content (AvgIpc) is 3.07. The fourth-order valence-electron chi connectivity index (χ4n) is 2.64. The summed E-state index contributed by atoms with van der Waals surface area (Å²) in [6.45, 7) is 3.54. The lowest BCUT2D eigenvalue weighted by Gasteiger charge is -2.10. The Morgan fingerprint density at radius 1 is 1.25 bits per heavy atom. The second kappa shape index (κ2) is 8.26. The van der Waals surface area contributed by atoms with Crippen molar-refractivity contribution in [2.75, 3.05) is 14.2 Å². The molecule has 1 N–H and O–H groups in total. The molecule has 0 unspecified atom stereocenters. The minimum atomic E-state index is -0.559. The van der Waals surface area contributed by atoms with Crippen molar-refractivity contribution in [2.45, 2.75) is 19.9 Å². The number of nitrogens with one attached hydrogen (secondary N) is 1. The van der Waals surface area contributed by atoms with Gasteiger partial charge in [0, 0.05) is 12.1 Å². The first-order valence-electron chi connectivity index (χ1n) is 8.51. The van der Waals surface area contributed by atoms with Gasteiger partial charge in [-0.2, -0.15) is 0 Å². The molecule has 0 fully saturated rings. The number of fused-ring (bicyclic) bond motifs is 1. The van der Waals surface area contributed by atoms with E-state index in [2.05, 4.69) is 10.3 Å². The number of hydrogen-bond acceptors (Lipinski definition) is 7. The fraction of sp³-hybridized carbons (Fsp3) is 0.250. The molecule has 0 aliphatic rings. The third-order valence-corrected chi connectivity index (χ3v) is 5.09. The van der Waals surface area contributed by atoms with E-state index in [0.29, 0.717) is 21.7 Å². The van der Waals surface area contributed by atoms with Gasteiger partial charge in [0.1, 0.15) is 22.4 Å². The number of carbonyl (C=O) groups excluding carboxylic acids is 1. The number of aryl methyl sites for hydroxylation is 1. The number of benzene rings is 1. The van der Waals surface area contributed by atoms with Gasteiger partial charge in [-0.15, -0.1) is 11.3 Å². The monoisotopic (exact) mass is 400 g/mol. The maximum Gasteiger partial charge on any atom is 0.348 e. The van der Waals surface area contributed by atoms with E-state index in [1.807, 2.05) is 12.3 Å². The Kier molecular flexibility index (Phi) is 5.79. The minimum Gasteiger partial charge on any atom is -0.497 e. The van der Waals surface area contributed by atoms with Gasteiger partial charge in [0.2, 0.25) is 11.8 Å². The second-order valence-electron chi connectivity index (χ2n) is 6.15. The molecule has 0 spiro atoms. The summed E-state index contributed by atoms with van der Waals surface area (Å²) in [5.74, 6) is 1.07. The van der Waals surface area contributed by atoms with E-state index >= 15 is 0 Å². The number of nitrogens with zero attached hydrogens (tertiary/aromatic N) is 1. The molecule has 0 saturated carbocycles. The van der Waals surface area contributed by atoms with Crippen LogP contribution in [0.25, 0.3) is 16.3 Å². The normalized spacial score (nSPS) is 12.3. The van der Waals surface area contributed by atoms with Gasteiger partial charge in [0.25, 0.3) is 0 Å². The Hall–Kier alpha value is -3.13. The SMILES string of the molecule is COc1cc(/C=C/C(=O)N[C@@H](C)c2nc3scc(C)c3c(=O)o2)cc(OC)c1. The number of rotatable bonds is 6. The lowest BCUT2D eigenvalue weighted by atomic mass is 10.2. The molecule has 3 aromatic rings. The highest BCUT2D eigenvalue weighted by atomic mass is 32.1. The quantitative estimate of drug-likeness (QED) is 0.637.